The highest BCUT2D eigenvalue weighted by Gasteiger charge is 2.30. The minimum Gasteiger partial charge on any atom is -0.294 e. The number of ketones is 1. The van der Waals surface area contributed by atoms with E-state index in [9.17, 15) is 4.79 Å². The van der Waals surface area contributed by atoms with E-state index >= 15 is 0 Å². The molecule has 156 valence electrons. The Balaban J connectivity index is 1.59. The van der Waals surface area contributed by atoms with Crippen molar-refractivity contribution in [1.29, 1.82) is 0 Å². The summed E-state index contributed by atoms with van der Waals surface area (Å²) in [5, 5.41) is 5.49. The fraction of sp³-hybridized carbons (Fsp3) is 0.269. The van der Waals surface area contributed by atoms with E-state index in [2.05, 4.69) is 43.1 Å². The van der Waals surface area contributed by atoms with Crippen LogP contribution >= 0.6 is 11.6 Å². The summed E-state index contributed by atoms with van der Waals surface area (Å²) in [5.41, 5.74) is 7.82. The predicted octanol–water partition coefficient (Wildman–Crippen LogP) is 6.39. The van der Waals surface area contributed by atoms with Crippen molar-refractivity contribution in [3.63, 3.8) is 0 Å². The average molecular weight is 430 g/mol. The van der Waals surface area contributed by atoms with Gasteiger partial charge in [0.05, 0.1) is 17.0 Å². The van der Waals surface area contributed by atoms with Crippen LogP contribution in [0.15, 0.2) is 54.7 Å². The number of benzene rings is 2. The summed E-state index contributed by atoms with van der Waals surface area (Å²) in [6.07, 6.45) is 3.00. The molecule has 1 unspecified atom stereocenters. The molecule has 1 aliphatic rings. The normalized spacial score (nSPS) is 16.2. The first-order valence-corrected chi connectivity index (χ1v) is 11.1. The van der Waals surface area contributed by atoms with Crippen LogP contribution in [0.5, 0.6) is 0 Å². The lowest BCUT2D eigenvalue weighted by Crippen LogP contribution is -2.22. The van der Waals surface area contributed by atoms with Crippen LogP contribution in [-0.2, 0) is 6.42 Å². The molecule has 0 saturated carbocycles. The second-order valence-electron chi connectivity index (χ2n) is 8.67. The fourth-order valence-electron chi connectivity index (χ4n) is 4.55. The molecule has 2 heterocycles. The van der Waals surface area contributed by atoms with E-state index in [1.165, 1.54) is 11.1 Å². The second-order valence-corrected chi connectivity index (χ2v) is 9.11. The number of aromatic nitrogens is 3. The number of carbonyl (C=O) groups excluding carboxylic acids is 1. The van der Waals surface area contributed by atoms with Gasteiger partial charge < -0.3 is 0 Å². The molecule has 5 rings (SSSR count). The zero-order valence-electron chi connectivity index (χ0n) is 17.9. The van der Waals surface area contributed by atoms with Gasteiger partial charge in [-0.2, -0.15) is 5.10 Å². The molecule has 4 aromatic rings. The Hall–Kier alpha value is -2.98. The van der Waals surface area contributed by atoms with E-state index in [4.69, 9.17) is 16.7 Å². The molecule has 4 nitrogen and oxygen atoms in total. The maximum atomic E-state index is 13.0. The minimum atomic E-state index is 0.134. The molecular weight excluding hydrogens is 406 g/mol. The van der Waals surface area contributed by atoms with Gasteiger partial charge in [0, 0.05) is 23.2 Å². The largest absolute Gasteiger partial charge is 0.294 e. The van der Waals surface area contributed by atoms with Crippen molar-refractivity contribution in [2.45, 2.75) is 45.4 Å². The Morgan fingerprint density at radius 2 is 1.74 bits per heavy atom. The Kier molecular flexibility index (Phi) is 4.90. The van der Waals surface area contributed by atoms with Gasteiger partial charge in [-0.25, -0.2) is 9.50 Å². The van der Waals surface area contributed by atoms with Crippen molar-refractivity contribution in [1.82, 2.24) is 14.6 Å². The van der Waals surface area contributed by atoms with Crippen molar-refractivity contribution in [2.24, 2.45) is 0 Å². The monoisotopic (exact) mass is 429 g/mol. The maximum Gasteiger partial charge on any atom is 0.166 e. The summed E-state index contributed by atoms with van der Waals surface area (Å²) in [7, 11) is 0. The zero-order valence-corrected chi connectivity index (χ0v) is 18.6. The highest BCUT2D eigenvalue weighted by Crippen LogP contribution is 2.35. The van der Waals surface area contributed by atoms with Gasteiger partial charge in [0.1, 0.15) is 0 Å². The SMILES string of the molecule is Cc1nn2c3c(cnc2c1-c1ccc(Cl)cc1)C(=O)CC(c1ccc(C(C)C)cc1)C3. The molecule has 1 atom stereocenters. The van der Waals surface area contributed by atoms with Crippen LogP contribution in [0.3, 0.4) is 0 Å². The molecule has 5 heteroatoms. The number of fused-ring (bicyclic) bond motifs is 3. The predicted molar refractivity (Wildman–Crippen MR) is 124 cm³/mol. The van der Waals surface area contributed by atoms with E-state index in [0.717, 1.165) is 34.6 Å². The van der Waals surface area contributed by atoms with Crippen LogP contribution in [0.2, 0.25) is 5.02 Å². The Bertz CT molecular complexity index is 1290. The van der Waals surface area contributed by atoms with Crippen molar-refractivity contribution in [2.75, 3.05) is 0 Å². The van der Waals surface area contributed by atoms with Gasteiger partial charge >= 0.3 is 0 Å². The summed E-state index contributed by atoms with van der Waals surface area (Å²) in [6, 6.07) is 16.4. The Morgan fingerprint density at radius 3 is 2.42 bits per heavy atom. The number of rotatable bonds is 3. The molecular formula is C26H24ClN3O. The van der Waals surface area contributed by atoms with Gasteiger partial charge in [0.15, 0.2) is 11.4 Å². The van der Waals surface area contributed by atoms with E-state index in [-0.39, 0.29) is 11.7 Å². The lowest BCUT2D eigenvalue weighted by atomic mass is 9.81. The first-order valence-electron chi connectivity index (χ1n) is 10.7. The van der Waals surface area contributed by atoms with Crippen LogP contribution in [0, 0.1) is 6.92 Å². The van der Waals surface area contributed by atoms with Gasteiger partial charge in [-0.05, 0) is 54.0 Å². The molecule has 0 amide bonds. The van der Waals surface area contributed by atoms with Crippen LogP contribution in [0.4, 0.5) is 0 Å². The molecule has 0 bridgehead atoms. The molecule has 1 aliphatic carbocycles. The first-order chi connectivity index (χ1) is 14.9. The molecule has 2 aromatic carbocycles. The van der Waals surface area contributed by atoms with Crippen LogP contribution in [0.25, 0.3) is 16.8 Å². The third-order valence-electron chi connectivity index (χ3n) is 6.30. The summed E-state index contributed by atoms with van der Waals surface area (Å²) in [6.45, 7) is 6.37. The molecule has 0 aliphatic heterocycles. The van der Waals surface area contributed by atoms with E-state index < -0.39 is 0 Å². The summed E-state index contributed by atoms with van der Waals surface area (Å²) in [4.78, 5) is 17.6. The summed E-state index contributed by atoms with van der Waals surface area (Å²) in [5.74, 6) is 0.775. The molecule has 0 N–H and O–H groups in total. The summed E-state index contributed by atoms with van der Waals surface area (Å²) >= 11 is 6.07. The standard InChI is InChI=1S/C26H24ClN3O/c1-15(2)17-4-6-18(7-5-17)20-12-23-22(24(31)13-20)14-28-26-25(16(3)29-30(23)26)19-8-10-21(27)11-9-19/h4-11,14-15,20H,12-13H2,1-3H3. The second kappa shape index (κ2) is 7.61. The number of hydrogen-bond donors (Lipinski definition) is 0. The van der Waals surface area contributed by atoms with E-state index in [0.29, 0.717) is 22.9 Å². The van der Waals surface area contributed by atoms with Gasteiger partial charge in [-0.15, -0.1) is 0 Å². The number of Topliss-reactive ketones (excluding diaryl/α,β-unsaturated/α-hetero) is 1. The minimum absolute atomic E-state index is 0.134. The van der Waals surface area contributed by atoms with Gasteiger partial charge in [-0.3, -0.25) is 4.79 Å². The average Bonchev–Trinajstić information content (AvgIpc) is 3.10. The zero-order chi connectivity index (χ0) is 21.7. The van der Waals surface area contributed by atoms with E-state index in [1.54, 1.807) is 6.20 Å². The number of hydrogen-bond acceptors (Lipinski definition) is 3. The van der Waals surface area contributed by atoms with Gasteiger partial charge in [0.2, 0.25) is 0 Å². The lowest BCUT2D eigenvalue weighted by Gasteiger charge is -2.24. The maximum absolute atomic E-state index is 13.0. The van der Waals surface area contributed by atoms with Crippen molar-refractivity contribution >= 4 is 23.0 Å². The molecule has 0 radical (unpaired) electrons. The van der Waals surface area contributed by atoms with E-state index in [1.807, 2.05) is 35.7 Å². The Morgan fingerprint density at radius 1 is 1.03 bits per heavy atom. The third kappa shape index (κ3) is 3.45. The van der Waals surface area contributed by atoms with Crippen molar-refractivity contribution in [3.8, 4) is 11.1 Å². The first kappa shape index (κ1) is 20.0. The van der Waals surface area contributed by atoms with Crippen LogP contribution in [-0.4, -0.2) is 20.4 Å². The van der Waals surface area contributed by atoms with Gasteiger partial charge in [0.25, 0.3) is 0 Å². The molecule has 2 aromatic heterocycles. The fourth-order valence-corrected chi connectivity index (χ4v) is 4.67. The summed E-state index contributed by atoms with van der Waals surface area (Å²) < 4.78 is 1.88. The smallest absolute Gasteiger partial charge is 0.166 e. The molecule has 0 fully saturated rings. The lowest BCUT2D eigenvalue weighted by molar-refractivity contribution is 0.0962. The topological polar surface area (TPSA) is 47.3 Å². The van der Waals surface area contributed by atoms with Gasteiger partial charge in [-0.1, -0.05) is 61.8 Å². The molecule has 31 heavy (non-hydrogen) atoms. The van der Waals surface area contributed by atoms with Crippen molar-refractivity contribution in [3.05, 3.63) is 87.8 Å². The number of aryl methyl sites for hydroxylation is 1. The number of halogens is 1. The highest BCUT2D eigenvalue weighted by atomic mass is 35.5. The number of carbonyl (C=O) groups is 1. The van der Waals surface area contributed by atoms with Crippen molar-refractivity contribution < 1.29 is 4.79 Å². The van der Waals surface area contributed by atoms with Crippen LogP contribution in [0.1, 0.15) is 65.0 Å². The Labute approximate surface area is 186 Å². The highest BCUT2D eigenvalue weighted by molar-refractivity contribution is 6.30. The number of nitrogens with zero attached hydrogens (tertiary/aromatic N) is 3. The molecule has 0 spiro atoms. The molecule has 0 saturated heterocycles. The van der Waals surface area contributed by atoms with Crippen LogP contribution < -0.4 is 0 Å². The quantitative estimate of drug-likeness (QED) is 0.379. The third-order valence-corrected chi connectivity index (χ3v) is 6.55.